The van der Waals surface area contributed by atoms with Crippen LogP contribution in [0.25, 0.3) is 0 Å². The predicted molar refractivity (Wildman–Crippen MR) is 77.1 cm³/mol. The van der Waals surface area contributed by atoms with Crippen LogP contribution in [-0.4, -0.2) is 10.9 Å². The smallest absolute Gasteiger partial charge is 0.252 e. The van der Waals surface area contributed by atoms with Gasteiger partial charge in [-0.05, 0) is 30.7 Å². The molecule has 0 radical (unpaired) electrons. The van der Waals surface area contributed by atoms with Crippen LogP contribution < -0.4 is 10.9 Å². The summed E-state index contributed by atoms with van der Waals surface area (Å²) in [7, 11) is 0. The maximum atomic E-state index is 12.0. The number of hydrogen-bond acceptors (Lipinski definition) is 2. The third kappa shape index (κ3) is 3.54. The molecule has 2 aromatic rings. The van der Waals surface area contributed by atoms with Gasteiger partial charge in [0, 0.05) is 22.3 Å². The molecule has 0 bridgehead atoms. The lowest BCUT2D eigenvalue weighted by atomic mass is 10.1. The van der Waals surface area contributed by atoms with Crippen LogP contribution in [0.3, 0.4) is 0 Å². The molecule has 0 spiro atoms. The number of nitrogens with one attached hydrogen (secondary N) is 2. The number of carbonyl (C=O) groups excluding carboxylic acids is 1. The number of carbonyl (C=O) groups is 1. The average Bonchev–Trinajstić information content (AvgIpc) is 2.39. The van der Waals surface area contributed by atoms with Gasteiger partial charge in [0.05, 0.1) is 6.04 Å². The Morgan fingerprint density at radius 3 is 2.58 bits per heavy atom. The van der Waals surface area contributed by atoms with Crippen LogP contribution in [0.1, 0.15) is 28.9 Å². The van der Waals surface area contributed by atoms with E-state index in [1.54, 1.807) is 6.07 Å². The molecule has 0 aliphatic rings. The minimum absolute atomic E-state index is 0.125. The number of rotatable bonds is 3. The van der Waals surface area contributed by atoms with Crippen molar-refractivity contribution in [3.63, 3.8) is 0 Å². The molecule has 2 N–H and O–H groups in total. The van der Waals surface area contributed by atoms with Crippen molar-refractivity contribution in [2.45, 2.75) is 13.0 Å². The Hall–Kier alpha value is -1.88. The molecule has 0 saturated carbocycles. The van der Waals surface area contributed by atoms with E-state index in [0.29, 0.717) is 5.56 Å². The minimum atomic E-state index is -0.288. The summed E-state index contributed by atoms with van der Waals surface area (Å²) in [5, 5.41) is 2.85. The molecule has 2 rings (SSSR count). The normalized spacial score (nSPS) is 11.9. The second-order valence-corrected chi connectivity index (χ2v) is 5.10. The van der Waals surface area contributed by atoms with Gasteiger partial charge in [-0.3, -0.25) is 9.59 Å². The highest BCUT2D eigenvalue weighted by atomic mass is 79.9. The lowest BCUT2D eigenvalue weighted by Crippen LogP contribution is -2.27. The summed E-state index contributed by atoms with van der Waals surface area (Å²) in [6.45, 7) is 1.90. The largest absolute Gasteiger partial charge is 0.346 e. The zero-order chi connectivity index (χ0) is 13.8. The zero-order valence-corrected chi connectivity index (χ0v) is 11.9. The van der Waals surface area contributed by atoms with E-state index in [0.717, 1.165) is 10.0 Å². The molecule has 1 aromatic carbocycles. The summed E-state index contributed by atoms with van der Waals surface area (Å²) in [5.41, 5.74) is 1.07. The highest BCUT2D eigenvalue weighted by molar-refractivity contribution is 9.10. The first-order chi connectivity index (χ1) is 9.06. The van der Waals surface area contributed by atoms with Gasteiger partial charge in [0.1, 0.15) is 0 Å². The van der Waals surface area contributed by atoms with E-state index in [2.05, 4.69) is 26.2 Å². The van der Waals surface area contributed by atoms with Crippen molar-refractivity contribution in [1.29, 1.82) is 0 Å². The van der Waals surface area contributed by atoms with Crippen LogP contribution in [0.15, 0.2) is 51.9 Å². The summed E-state index contributed by atoms with van der Waals surface area (Å²) in [6.07, 6.45) is 1.46. The molecule has 0 fully saturated rings. The molecule has 0 saturated heterocycles. The fourth-order valence-corrected chi connectivity index (χ4v) is 1.96. The number of amides is 1. The number of H-pyrrole nitrogens is 1. The number of aromatic amines is 1. The molecule has 0 unspecified atom stereocenters. The minimum Gasteiger partial charge on any atom is -0.346 e. The van der Waals surface area contributed by atoms with Gasteiger partial charge in [0.15, 0.2) is 0 Å². The fourth-order valence-electron chi connectivity index (χ4n) is 1.70. The van der Waals surface area contributed by atoms with Crippen molar-refractivity contribution in [2.24, 2.45) is 0 Å². The summed E-state index contributed by atoms with van der Waals surface area (Å²) in [5.74, 6) is -0.262. The van der Waals surface area contributed by atoms with E-state index < -0.39 is 0 Å². The summed E-state index contributed by atoms with van der Waals surface area (Å²) in [4.78, 5) is 25.6. The molecule has 0 aliphatic heterocycles. The Morgan fingerprint density at radius 2 is 1.95 bits per heavy atom. The van der Waals surface area contributed by atoms with Crippen molar-refractivity contribution in [3.05, 3.63) is 68.5 Å². The molecule has 0 aliphatic carbocycles. The van der Waals surface area contributed by atoms with Crippen LogP contribution in [0.4, 0.5) is 0 Å². The van der Waals surface area contributed by atoms with Gasteiger partial charge in [-0.2, -0.15) is 0 Å². The third-order valence-corrected chi connectivity index (χ3v) is 3.28. The monoisotopic (exact) mass is 320 g/mol. The van der Waals surface area contributed by atoms with Gasteiger partial charge in [-0.1, -0.05) is 28.1 Å². The topological polar surface area (TPSA) is 62.0 Å². The van der Waals surface area contributed by atoms with Crippen molar-refractivity contribution in [1.82, 2.24) is 10.3 Å². The number of halogens is 1. The second-order valence-electron chi connectivity index (χ2n) is 4.19. The summed E-state index contributed by atoms with van der Waals surface area (Å²) < 4.78 is 0.990. The van der Waals surface area contributed by atoms with Crippen molar-refractivity contribution < 1.29 is 4.79 Å². The Balaban J connectivity index is 2.10. The molecular weight excluding hydrogens is 308 g/mol. The standard InChI is InChI=1S/C14H13BrN2O2/c1-9(10-2-4-12(15)5-3-10)17-14(19)11-6-7-16-13(18)8-11/h2-9H,1H3,(H,16,18)(H,17,19)/t9-/m0/s1. The SMILES string of the molecule is C[C@H](NC(=O)c1cc[nH]c(=O)c1)c1ccc(Br)cc1. The van der Waals surface area contributed by atoms with E-state index in [1.165, 1.54) is 12.3 Å². The first-order valence-corrected chi connectivity index (χ1v) is 6.60. The highest BCUT2D eigenvalue weighted by Crippen LogP contribution is 2.16. The second kappa shape index (κ2) is 5.84. The maximum Gasteiger partial charge on any atom is 0.252 e. The molecule has 4 nitrogen and oxygen atoms in total. The number of pyridine rings is 1. The van der Waals surface area contributed by atoms with Crippen LogP contribution in [0.2, 0.25) is 0 Å². The van der Waals surface area contributed by atoms with Gasteiger partial charge >= 0.3 is 0 Å². The Labute approximate surface area is 119 Å². The molecule has 1 atom stereocenters. The van der Waals surface area contributed by atoms with E-state index in [1.807, 2.05) is 31.2 Å². The first-order valence-electron chi connectivity index (χ1n) is 5.81. The van der Waals surface area contributed by atoms with Crippen molar-refractivity contribution in [3.8, 4) is 0 Å². The molecular formula is C14H13BrN2O2. The van der Waals surface area contributed by atoms with Crippen LogP contribution in [-0.2, 0) is 0 Å². The zero-order valence-electron chi connectivity index (χ0n) is 10.3. The van der Waals surface area contributed by atoms with E-state index >= 15 is 0 Å². The number of hydrogen-bond donors (Lipinski definition) is 2. The Bertz CT molecular complexity index is 634. The van der Waals surface area contributed by atoms with Gasteiger partial charge in [0.25, 0.3) is 5.91 Å². The predicted octanol–water partition coefficient (Wildman–Crippen LogP) is 2.63. The van der Waals surface area contributed by atoms with Crippen molar-refractivity contribution >= 4 is 21.8 Å². The van der Waals surface area contributed by atoms with E-state index in [-0.39, 0.29) is 17.5 Å². The maximum absolute atomic E-state index is 12.0. The van der Waals surface area contributed by atoms with E-state index in [4.69, 9.17) is 0 Å². The van der Waals surface area contributed by atoms with Gasteiger partial charge < -0.3 is 10.3 Å². The number of aromatic nitrogens is 1. The molecule has 1 aromatic heterocycles. The lowest BCUT2D eigenvalue weighted by Gasteiger charge is -2.14. The average molecular weight is 321 g/mol. The first kappa shape index (κ1) is 13.5. The Morgan fingerprint density at radius 1 is 1.26 bits per heavy atom. The van der Waals surface area contributed by atoms with Gasteiger partial charge in [0.2, 0.25) is 5.56 Å². The number of benzene rings is 1. The quantitative estimate of drug-likeness (QED) is 0.913. The summed E-state index contributed by atoms with van der Waals surface area (Å²) in [6, 6.07) is 10.4. The van der Waals surface area contributed by atoms with Crippen molar-refractivity contribution in [2.75, 3.05) is 0 Å². The molecule has 1 heterocycles. The molecule has 1 amide bonds. The summed E-state index contributed by atoms with van der Waals surface area (Å²) >= 11 is 3.36. The lowest BCUT2D eigenvalue weighted by molar-refractivity contribution is 0.0939. The molecule has 98 valence electrons. The van der Waals surface area contributed by atoms with Crippen LogP contribution in [0.5, 0.6) is 0 Å². The highest BCUT2D eigenvalue weighted by Gasteiger charge is 2.11. The van der Waals surface area contributed by atoms with E-state index in [9.17, 15) is 9.59 Å². The van der Waals surface area contributed by atoms with Crippen LogP contribution in [0, 0.1) is 0 Å². The fraction of sp³-hybridized carbons (Fsp3) is 0.143. The molecule has 5 heteroatoms. The third-order valence-electron chi connectivity index (χ3n) is 2.75. The van der Waals surface area contributed by atoms with Gasteiger partial charge in [-0.15, -0.1) is 0 Å². The van der Waals surface area contributed by atoms with Crippen LogP contribution >= 0.6 is 15.9 Å². The molecule has 19 heavy (non-hydrogen) atoms. The Kier molecular flexibility index (Phi) is 4.16. The van der Waals surface area contributed by atoms with Gasteiger partial charge in [-0.25, -0.2) is 0 Å².